The molecule has 0 nitrogen and oxygen atoms in total. The van der Waals surface area contributed by atoms with Gasteiger partial charge in [0, 0.05) is 10.2 Å². The van der Waals surface area contributed by atoms with Crippen molar-refractivity contribution < 1.29 is 0 Å². The first-order chi connectivity index (χ1) is 3.07. The van der Waals surface area contributed by atoms with Gasteiger partial charge in [0.05, 0.1) is 3.23 Å². The molecule has 0 aromatic rings. The Morgan fingerprint density at radius 3 is 1.71 bits per heavy atom. The third kappa shape index (κ3) is 0.835. The van der Waals surface area contributed by atoms with Crippen molar-refractivity contribution in [1.29, 1.82) is 0 Å². The van der Waals surface area contributed by atoms with Crippen LogP contribution in [0.15, 0.2) is 0 Å². The average molecular weight is 241 g/mol. The fourth-order valence-corrected chi connectivity index (χ4v) is 2.45. The van der Waals surface area contributed by atoms with Gasteiger partial charge in [-0.2, -0.15) is 0 Å². The minimum Gasteiger partial charge on any atom is -0.0725 e. The van der Waals surface area contributed by atoms with E-state index in [4.69, 9.17) is 0 Å². The maximum absolute atomic E-state index is 3.52. The van der Waals surface area contributed by atoms with Crippen molar-refractivity contribution in [3.05, 3.63) is 0 Å². The molecule has 3 radical (unpaired) electrons. The first-order valence-corrected chi connectivity index (χ1v) is 4.32. The molecule has 0 aromatic carbocycles. The zero-order valence-electron chi connectivity index (χ0n) is 3.91. The lowest BCUT2D eigenvalue weighted by atomic mass is 10.5. The molecule has 0 bridgehead atoms. The van der Waals surface area contributed by atoms with Crippen molar-refractivity contribution in [2.75, 3.05) is 0 Å². The van der Waals surface area contributed by atoms with Crippen LogP contribution in [0.1, 0.15) is 6.92 Å². The fourth-order valence-electron chi connectivity index (χ4n) is 0.480. The Kier molecular flexibility index (Phi) is 1.42. The summed E-state index contributed by atoms with van der Waals surface area (Å²) in [7, 11) is 3.52. The van der Waals surface area contributed by atoms with Crippen LogP contribution in [0.4, 0.5) is 0 Å². The van der Waals surface area contributed by atoms with Gasteiger partial charge < -0.3 is 0 Å². The van der Waals surface area contributed by atoms with E-state index in [0.29, 0.717) is 11.5 Å². The molecule has 2 atom stereocenters. The molecule has 0 heterocycles. The van der Waals surface area contributed by atoms with E-state index in [-0.39, 0.29) is 3.23 Å². The summed E-state index contributed by atoms with van der Waals surface area (Å²) in [6.07, 6.45) is 0. The normalized spacial score (nSPS) is 46.3. The molecule has 1 aliphatic rings. The highest BCUT2D eigenvalue weighted by Crippen LogP contribution is 2.64. The zero-order chi connectivity index (χ0) is 5.65. The largest absolute Gasteiger partial charge is 0.0832 e. The highest BCUT2D eigenvalue weighted by Gasteiger charge is 2.55. The molecule has 1 saturated carbocycles. The number of hydrogen-bond donors (Lipinski definition) is 0. The molecule has 0 aliphatic heterocycles. The van der Waals surface area contributed by atoms with E-state index >= 15 is 0 Å². The van der Waals surface area contributed by atoms with Gasteiger partial charge >= 0.3 is 0 Å². The Balaban J connectivity index is 2.52. The van der Waals surface area contributed by atoms with Crippen LogP contribution in [-0.4, -0.2) is 13.5 Å². The highest BCUT2D eigenvalue weighted by molar-refractivity contribution is 9.25. The van der Waals surface area contributed by atoms with Crippen molar-refractivity contribution >= 4 is 42.1 Å². The van der Waals surface area contributed by atoms with E-state index in [0.717, 1.165) is 0 Å². The van der Waals surface area contributed by atoms with Crippen LogP contribution in [-0.2, 0) is 0 Å². The van der Waals surface area contributed by atoms with Crippen LogP contribution < -0.4 is 0 Å². The van der Waals surface area contributed by atoms with Gasteiger partial charge in [-0.25, -0.2) is 0 Å². The van der Waals surface area contributed by atoms with Crippen molar-refractivity contribution in [1.82, 2.24) is 0 Å². The van der Waals surface area contributed by atoms with E-state index in [1.54, 1.807) is 0 Å². The van der Waals surface area contributed by atoms with Crippen LogP contribution in [0.5, 0.6) is 0 Å². The van der Waals surface area contributed by atoms with E-state index in [1.165, 1.54) is 0 Å². The summed E-state index contributed by atoms with van der Waals surface area (Å²) < 4.78 is 0.205. The summed E-state index contributed by atoms with van der Waals surface area (Å²) >= 11 is 6.97. The monoisotopic (exact) mass is 239 g/mol. The van der Waals surface area contributed by atoms with E-state index in [2.05, 4.69) is 49.0 Å². The second-order valence-electron chi connectivity index (χ2n) is 1.94. The molecule has 1 fully saturated rings. The average Bonchev–Trinajstić information content (AvgIpc) is 1.91. The minimum absolute atomic E-state index is 0.205. The van der Waals surface area contributed by atoms with E-state index < -0.39 is 0 Å². The first kappa shape index (κ1) is 6.30. The molecular weight excluding hydrogens is 236 g/mol. The fraction of sp³-hybridized carbons (Fsp3) is 1.00. The second kappa shape index (κ2) is 1.58. The van der Waals surface area contributed by atoms with Gasteiger partial charge in [0.15, 0.2) is 0 Å². The molecule has 2 unspecified atom stereocenters. The Hall–Kier alpha value is 1.18. The quantitative estimate of drug-likeness (QED) is 0.450. The summed E-state index contributed by atoms with van der Waals surface area (Å²) in [5.74, 6) is 0.712. The van der Waals surface area contributed by atoms with Gasteiger partial charge in [-0.1, -0.05) is 38.8 Å². The summed E-state index contributed by atoms with van der Waals surface area (Å²) in [4.78, 5) is 0. The smallest absolute Gasteiger partial charge is 0.0725 e. The molecule has 1 aliphatic carbocycles. The molecule has 0 aromatic heterocycles. The maximum atomic E-state index is 3.52. The van der Waals surface area contributed by atoms with Crippen molar-refractivity contribution in [2.45, 2.75) is 15.7 Å². The molecule has 0 N–H and O–H groups in total. The van der Waals surface area contributed by atoms with Gasteiger partial charge in [-0.15, -0.1) is 0 Å². The lowest BCUT2D eigenvalue weighted by molar-refractivity contribution is 0.979. The lowest BCUT2D eigenvalue weighted by Crippen LogP contribution is -1.82. The Bertz CT molecular complexity index is 81.7. The van der Waals surface area contributed by atoms with Gasteiger partial charge in [0.2, 0.25) is 0 Å². The van der Waals surface area contributed by atoms with Gasteiger partial charge in [-0.3, -0.25) is 0 Å². The predicted molar refractivity (Wildman–Crippen MR) is 39.3 cm³/mol. The molecule has 0 spiro atoms. The molecule has 7 heavy (non-hydrogen) atoms. The number of halogens is 2. The Morgan fingerprint density at radius 1 is 1.57 bits per heavy atom. The van der Waals surface area contributed by atoms with Gasteiger partial charge in [0.1, 0.15) is 0 Å². The Labute approximate surface area is 63.7 Å². The van der Waals surface area contributed by atoms with Gasteiger partial charge in [-0.05, 0) is 11.5 Å². The molecular formula is C4H5Br2Si. The SMILES string of the molecule is CC1C([Si])C1(Br)Br. The molecule has 0 amide bonds. The Morgan fingerprint density at radius 2 is 1.71 bits per heavy atom. The van der Waals surface area contributed by atoms with Gasteiger partial charge in [0.25, 0.3) is 0 Å². The number of alkyl halides is 2. The van der Waals surface area contributed by atoms with Crippen LogP contribution >= 0.6 is 31.9 Å². The van der Waals surface area contributed by atoms with Crippen LogP contribution in [0.25, 0.3) is 0 Å². The molecule has 3 heteroatoms. The predicted octanol–water partition coefficient (Wildman–Crippen LogP) is 2.08. The van der Waals surface area contributed by atoms with Crippen LogP contribution in [0.3, 0.4) is 0 Å². The molecule has 39 valence electrons. The van der Waals surface area contributed by atoms with Crippen LogP contribution in [0.2, 0.25) is 5.54 Å². The third-order valence-corrected chi connectivity index (χ3v) is 5.64. The highest BCUT2D eigenvalue weighted by atomic mass is 79.9. The maximum Gasteiger partial charge on any atom is 0.0832 e. The molecule has 1 rings (SSSR count). The minimum atomic E-state index is 0.205. The number of hydrogen-bond acceptors (Lipinski definition) is 0. The topological polar surface area (TPSA) is 0 Å². The van der Waals surface area contributed by atoms with Crippen molar-refractivity contribution in [3.63, 3.8) is 0 Å². The molecule has 0 saturated heterocycles. The summed E-state index contributed by atoms with van der Waals surface area (Å²) in [6, 6.07) is 0. The summed E-state index contributed by atoms with van der Waals surface area (Å²) in [6.45, 7) is 2.18. The summed E-state index contributed by atoms with van der Waals surface area (Å²) in [5.41, 5.74) is 0.604. The van der Waals surface area contributed by atoms with Crippen molar-refractivity contribution in [3.8, 4) is 0 Å². The van der Waals surface area contributed by atoms with E-state index in [9.17, 15) is 0 Å². The standard InChI is InChI=1S/C4H5Br2Si/c1-2-3(7)4(2,5)6/h2-3H,1H3. The number of rotatable bonds is 0. The zero-order valence-corrected chi connectivity index (χ0v) is 8.08. The lowest BCUT2D eigenvalue weighted by Gasteiger charge is -1.88. The summed E-state index contributed by atoms with van der Waals surface area (Å²) in [5, 5.41) is 0. The van der Waals surface area contributed by atoms with E-state index in [1.807, 2.05) is 0 Å². The third-order valence-electron chi connectivity index (χ3n) is 1.41. The van der Waals surface area contributed by atoms with Crippen LogP contribution in [0, 0.1) is 5.92 Å². The first-order valence-electron chi connectivity index (χ1n) is 2.15. The second-order valence-corrected chi connectivity index (χ2v) is 6.25. The van der Waals surface area contributed by atoms with Crippen molar-refractivity contribution in [2.24, 2.45) is 5.92 Å².